The molecule has 1 aliphatic carbocycles. The van der Waals surface area contributed by atoms with Crippen molar-refractivity contribution in [1.82, 2.24) is 0 Å². The number of hydrogen-bond acceptors (Lipinski definition) is 3. The Labute approximate surface area is 131 Å². The van der Waals surface area contributed by atoms with Crippen molar-refractivity contribution in [3.8, 4) is 0 Å². The van der Waals surface area contributed by atoms with Crippen molar-refractivity contribution in [3.63, 3.8) is 0 Å². The zero-order valence-corrected chi connectivity index (χ0v) is 13.8. The zero-order valence-electron chi connectivity index (χ0n) is 13.8. The van der Waals surface area contributed by atoms with E-state index in [9.17, 15) is 10.0 Å². The van der Waals surface area contributed by atoms with E-state index in [1.165, 1.54) is 11.1 Å². The molecular weight excluding hydrogens is 278 g/mol. The van der Waals surface area contributed by atoms with Gasteiger partial charge in [0.2, 0.25) is 0 Å². The van der Waals surface area contributed by atoms with Gasteiger partial charge >= 0.3 is 5.97 Å². The van der Waals surface area contributed by atoms with Crippen LogP contribution in [0.5, 0.6) is 0 Å². The molecule has 0 radical (unpaired) electrons. The average Bonchev–Trinajstić information content (AvgIpc) is 2.44. The highest BCUT2D eigenvalue weighted by Crippen LogP contribution is 2.47. The van der Waals surface area contributed by atoms with Crippen LogP contribution >= 0.6 is 0 Å². The molecule has 4 heteroatoms. The molecule has 1 aromatic carbocycles. The lowest BCUT2D eigenvalue weighted by Crippen LogP contribution is -2.35. The molecular formula is C18H25NO3. The van der Waals surface area contributed by atoms with Gasteiger partial charge in [-0.05, 0) is 34.8 Å². The zero-order chi connectivity index (χ0) is 16.5. The number of benzene rings is 1. The maximum Gasteiger partial charge on any atom is 0.303 e. The van der Waals surface area contributed by atoms with Gasteiger partial charge in [0.25, 0.3) is 0 Å². The molecule has 2 N–H and O–H groups in total. The van der Waals surface area contributed by atoms with E-state index in [2.05, 4.69) is 38.9 Å². The fourth-order valence-electron chi connectivity index (χ4n) is 3.43. The Balaban J connectivity index is 2.57. The molecule has 1 aromatic rings. The Hall–Kier alpha value is -1.84. The van der Waals surface area contributed by atoms with Crippen LogP contribution in [-0.4, -0.2) is 22.0 Å². The molecule has 0 spiro atoms. The normalized spacial score (nSPS) is 19.5. The number of carboxylic acid groups (broad SMARTS) is 1. The largest absolute Gasteiger partial charge is 0.481 e. The van der Waals surface area contributed by atoms with Crippen LogP contribution in [0.2, 0.25) is 0 Å². The third-order valence-corrected chi connectivity index (χ3v) is 4.85. The molecule has 0 saturated heterocycles. The van der Waals surface area contributed by atoms with Gasteiger partial charge in [-0.2, -0.15) is 0 Å². The van der Waals surface area contributed by atoms with E-state index in [4.69, 9.17) is 5.11 Å². The first-order valence-electron chi connectivity index (χ1n) is 7.76. The standard InChI is InChI=1S/C18H25NO3/c1-17(2)10-11-18(3,4)16-12(6-5-7-13(16)17)14(19-22)8-9-15(20)21/h5-7,22H,8-11H2,1-4H3,(H,20,21)/b19-14+. The molecule has 0 atom stereocenters. The van der Waals surface area contributed by atoms with Gasteiger partial charge in [-0.25, -0.2) is 0 Å². The van der Waals surface area contributed by atoms with E-state index in [0.717, 1.165) is 18.4 Å². The average molecular weight is 303 g/mol. The first kappa shape index (κ1) is 16.5. The Morgan fingerprint density at radius 2 is 1.77 bits per heavy atom. The monoisotopic (exact) mass is 303 g/mol. The van der Waals surface area contributed by atoms with E-state index in [1.807, 2.05) is 12.1 Å². The first-order chi connectivity index (χ1) is 10.2. The summed E-state index contributed by atoms with van der Waals surface area (Å²) in [7, 11) is 0. The molecule has 0 amide bonds. The maximum atomic E-state index is 10.8. The summed E-state index contributed by atoms with van der Waals surface area (Å²) in [5.41, 5.74) is 3.89. The summed E-state index contributed by atoms with van der Waals surface area (Å²) in [4.78, 5) is 10.8. The van der Waals surface area contributed by atoms with E-state index < -0.39 is 5.97 Å². The molecule has 4 nitrogen and oxygen atoms in total. The molecule has 0 saturated carbocycles. The van der Waals surface area contributed by atoms with Crippen LogP contribution in [0.4, 0.5) is 0 Å². The highest BCUT2D eigenvalue weighted by atomic mass is 16.4. The minimum Gasteiger partial charge on any atom is -0.481 e. The second kappa shape index (κ2) is 5.75. The van der Waals surface area contributed by atoms with Crippen molar-refractivity contribution in [2.24, 2.45) is 5.16 Å². The third kappa shape index (κ3) is 3.01. The molecule has 0 bridgehead atoms. The van der Waals surface area contributed by atoms with Crippen LogP contribution in [0.3, 0.4) is 0 Å². The second-order valence-corrected chi connectivity index (χ2v) is 7.44. The summed E-state index contributed by atoms with van der Waals surface area (Å²) in [5, 5.41) is 21.7. The number of carbonyl (C=O) groups is 1. The van der Waals surface area contributed by atoms with Crippen LogP contribution in [-0.2, 0) is 15.6 Å². The van der Waals surface area contributed by atoms with Gasteiger partial charge in [0.05, 0.1) is 12.1 Å². The summed E-state index contributed by atoms with van der Waals surface area (Å²) in [5.74, 6) is -0.884. The third-order valence-electron chi connectivity index (χ3n) is 4.85. The van der Waals surface area contributed by atoms with Crippen molar-refractivity contribution < 1.29 is 15.1 Å². The summed E-state index contributed by atoms with van der Waals surface area (Å²) in [6.07, 6.45) is 2.37. The Bertz CT molecular complexity index is 615. The number of fused-ring (bicyclic) bond motifs is 1. The second-order valence-electron chi connectivity index (χ2n) is 7.44. The van der Waals surface area contributed by atoms with Crippen molar-refractivity contribution >= 4 is 11.7 Å². The lowest BCUT2D eigenvalue weighted by Gasteiger charge is -2.43. The minimum absolute atomic E-state index is 0.0133. The van der Waals surface area contributed by atoms with Gasteiger partial charge in [0.1, 0.15) is 0 Å². The minimum atomic E-state index is -0.884. The smallest absolute Gasteiger partial charge is 0.303 e. The molecule has 2 rings (SSSR count). The fourth-order valence-corrected chi connectivity index (χ4v) is 3.43. The van der Waals surface area contributed by atoms with Crippen LogP contribution < -0.4 is 0 Å². The highest BCUT2D eigenvalue weighted by Gasteiger charge is 2.39. The Kier molecular flexibility index (Phi) is 4.32. The Morgan fingerprint density at radius 1 is 1.14 bits per heavy atom. The highest BCUT2D eigenvalue weighted by molar-refractivity contribution is 6.03. The summed E-state index contributed by atoms with van der Waals surface area (Å²) in [6, 6.07) is 6.06. The van der Waals surface area contributed by atoms with Crippen LogP contribution in [0.15, 0.2) is 23.4 Å². The molecule has 22 heavy (non-hydrogen) atoms. The number of hydrogen-bond donors (Lipinski definition) is 2. The molecule has 0 aliphatic heterocycles. The van der Waals surface area contributed by atoms with E-state index in [-0.39, 0.29) is 23.7 Å². The molecule has 0 aromatic heterocycles. The van der Waals surface area contributed by atoms with E-state index >= 15 is 0 Å². The van der Waals surface area contributed by atoms with Crippen LogP contribution in [0.1, 0.15) is 70.1 Å². The van der Waals surface area contributed by atoms with Gasteiger partial charge < -0.3 is 10.3 Å². The predicted molar refractivity (Wildman–Crippen MR) is 86.9 cm³/mol. The predicted octanol–water partition coefficient (Wildman–Crippen LogP) is 4.08. The SMILES string of the molecule is CC1(C)CCC(C)(C)c2c(/C(CCC(=O)O)=N/O)cccc21. The van der Waals surface area contributed by atoms with Crippen LogP contribution in [0.25, 0.3) is 0 Å². The van der Waals surface area contributed by atoms with Crippen molar-refractivity contribution in [2.75, 3.05) is 0 Å². The molecule has 0 fully saturated rings. The number of oxime groups is 1. The van der Waals surface area contributed by atoms with Crippen LogP contribution in [0, 0.1) is 0 Å². The quantitative estimate of drug-likeness (QED) is 0.500. The molecule has 120 valence electrons. The van der Waals surface area contributed by atoms with Crippen molar-refractivity contribution in [1.29, 1.82) is 0 Å². The van der Waals surface area contributed by atoms with Gasteiger partial charge in [0.15, 0.2) is 0 Å². The summed E-state index contributed by atoms with van der Waals surface area (Å²) >= 11 is 0. The van der Waals surface area contributed by atoms with Gasteiger partial charge in [0, 0.05) is 12.0 Å². The van der Waals surface area contributed by atoms with Gasteiger partial charge in [-0.15, -0.1) is 0 Å². The Morgan fingerprint density at radius 3 is 2.36 bits per heavy atom. The summed E-state index contributed by atoms with van der Waals surface area (Å²) < 4.78 is 0. The van der Waals surface area contributed by atoms with E-state index in [1.54, 1.807) is 0 Å². The fraction of sp³-hybridized carbons (Fsp3) is 0.556. The summed E-state index contributed by atoms with van der Waals surface area (Å²) in [6.45, 7) is 8.88. The number of carboxylic acids is 1. The topological polar surface area (TPSA) is 69.9 Å². The lowest BCUT2D eigenvalue weighted by atomic mass is 9.61. The first-order valence-corrected chi connectivity index (χ1v) is 7.76. The van der Waals surface area contributed by atoms with Gasteiger partial charge in [-0.3, -0.25) is 4.79 Å². The molecule has 1 aliphatic rings. The number of rotatable bonds is 4. The molecule has 0 heterocycles. The lowest BCUT2D eigenvalue weighted by molar-refractivity contribution is -0.136. The van der Waals surface area contributed by atoms with Gasteiger partial charge in [-0.1, -0.05) is 51.0 Å². The number of aliphatic carboxylic acids is 1. The van der Waals surface area contributed by atoms with Crippen molar-refractivity contribution in [3.05, 3.63) is 34.9 Å². The number of nitrogens with zero attached hydrogens (tertiary/aromatic N) is 1. The molecule has 0 unspecified atom stereocenters. The van der Waals surface area contributed by atoms with E-state index in [0.29, 0.717) is 5.71 Å². The maximum absolute atomic E-state index is 10.8. The van der Waals surface area contributed by atoms with Crippen molar-refractivity contribution in [2.45, 2.75) is 64.2 Å².